The van der Waals surface area contributed by atoms with Crippen LogP contribution in [0.5, 0.6) is 0 Å². The molecule has 0 aliphatic heterocycles. The summed E-state index contributed by atoms with van der Waals surface area (Å²) >= 11 is 0. The first-order valence-corrected chi connectivity index (χ1v) is 7.74. The summed E-state index contributed by atoms with van der Waals surface area (Å²) in [5.74, 6) is -0.0206. The second-order valence-corrected chi connectivity index (χ2v) is 5.02. The van der Waals surface area contributed by atoms with Crippen LogP contribution in [0.3, 0.4) is 0 Å². The van der Waals surface area contributed by atoms with Crippen molar-refractivity contribution >= 4 is 11.7 Å². The molecule has 1 aromatic rings. The van der Waals surface area contributed by atoms with Gasteiger partial charge in [0.1, 0.15) is 0 Å². The lowest BCUT2D eigenvalue weighted by molar-refractivity contribution is -0.121. The standard InChI is InChI=1S/C17H26N2O2/c1-3-19(4-2)14-8-13-18-17(21)12-11-16(20)15-9-6-5-7-10-15/h5-7,9-10H,3-4,8,11-14H2,1-2H3,(H,18,21). The molecule has 0 aliphatic carbocycles. The van der Waals surface area contributed by atoms with Crippen LogP contribution in [0.1, 0.15) is 43.5 Å². The van der Waals surface area contributed by atoms with Gasteiger partial charge in [0.05, 0.1) is 0 Å². The molecule has 4 heteroatoms. The van der Waals surface area contributed by atoms with Gasteiger partial charge in [0, 0.05) is 24.9 Å². The van der Waals surface area contributed by atoms with Crippen molar-refractivity contribution in [1.82, 2.24) is 10.2 Å². The molecule has 1 N–H and O–H groups in total. The molecule has 0 atom stereocenters. The highest BCUT2D eigenvalue weighted by Gasteiger charge is 2.08. The predicted molar refractivity (Wildman–Crippen MR) is 85.4 cm³/mol. The summed E-state index contributed by atoms with van der Waals surface area (Å²) in [6.45, 7) is 8.02. The van der Waals surface area contributed by atoms with E-state index in [0.717, 1.165) is 26.1 Å². The lowest BCUT2D eigenvalue weighted by Gasteiger charge is -2.17. The number of ketones is 1. The van der Waals surface area contributed by atoms with Gasteiger partial charge in [-0.15, -0.1) is 0 Å². The first kappa shape index (κ1) is 17.4. The van der Waals surface area contributed by atoms with Crippen molar-refractivity contribution in [2.24, 2.45) is 0 Å². The third-order valence-corrected chi connectivity index (χ3v) is 3.54. The molecule has 1 rings (SSSR count). The molecule has 0 spiro atoms. The fourth-order valence-electron chi connectivity index (χ4n) is 2.15. The summed E-state index contributed by atoms with van der Waals surface area (Å²) in [7, 11) is 0. The maximum absolute atomic E-state index is 11.9. The van der Waals surface area contributed by atoms with E-state index in [0.29, 0.717) is 12.1 Å². The first-order chi connectivity index (χ1) is 10.2. The van der Waals surface area contributed by atoms with Gasteiger partial charge in [-0.2, -0.15) is 0 Å². The molecule has 0 saturated carbocycles. The largest absolute Gasteiger partial charge is 0.356 e. The number of hydrogen-bond donors (Lipinski definition) is 1. The van der Waals surface area contributed by atoms with E-state index in [2.05, 4.69) is 24.1 Å². The predicted octanol–water partition coefficient (Wildman–Crippen LogP) is 2.50. The zero-order valence-corrected chi connectivity index (χ0v) is 13.1. The Morgan fingerprint density at radius 3 is 2.33 bits per heavy atom. The van der Waals surface area contributed by atoms with Gasteiger partial charge < -0.3 is 10.2 Å². The molecule has 0 saturated heterocycles. The molecule has 0 aliphatic rings. The topological polar surface area (TPSA) is 49.4 Å². The zero-order valence-electron chi connectivity index (χ0n) is 13.1. The molecule has 0 bridgehead atoms. The van der Waals surface area contributed by atoms with Gasteiger partial charge in [0.25, 0.3) is 0 Å². The third kappa shape index (κ3) is 7.04. The van der Waals surface area contributed by atoms with Crippen LogP contribution in [0, 0.1) is 0 Å². The molecule has 116 valence electrons. The maximum Gasteiger partial charge on any atom is 0.220 e. The molecular formula is C17H26N2O2. The van der Waals surface area contributed by atoms with Crippen molar-refractivity contribution in [3.63, 3.8) is 0 Å². The molecular weight excluding hydrogens is 264 g/mol. The van der Waals surface area contributed by atoms with Crippen molar-refractivity contribution in [3.8, 4) is 0 Å². The number of nitrogens with zero attached hydrogens (tertiary/aromatic N) is 1. The van der Waals surface area contributed by atoms with Crippen molar-refractivity contribution in [1.29, 1.82) is 0 Å². The lowest BCUT2D eigenvalue weighted by Crippen LogP contribution is -2.30. The third-order valence-electron chi connectivity index (χ3n) is 3.54. The SMILES string of the molecule is CCN(CC)CCCNC(=O)CCC(=O)c1ccccc1. The molecule has 4 nitrogen and oxygen atoms in total. The van der Waals surface area contributed by atoms with E-state index in [1.807, 2.05) is 18.2 Å². The van der Waals surface area contributed by atoms with Crippen LogP contribution in [-0.2, 0) is 4.79 Å². The number of rotatable bonds is 10. The van der Waals surface area contributed by atoms with Crippen molar-refractivity contribution in [3.05, 3.63) is 35.9 Å². The van der Waals surface area contributed by atoms with E-state index in [-0.39, 0.29) is 24.5 Å². The number of carbonyl (C=O) groups excluding carboxylic acids is 2. The number of hydrogen-bond acceptors (Lipinski definition) is 3. The summed E-state index contributed by atoms with van der Waals surface area (Å²) < 4.78 is 0. The van der Waals surface area contributed by atoms with Crippen LogP contribution < -0.4 is 5.32 Å². The molecule has 0 fully saturated rings. The number of benzene rings is 1. The van der Waals surface area contributed by atoms with Crippen molar-refractivity contribution in [2.45, 2.75) is 33.1 Å². The van der Waals surface area contributed by atoms with Gasteiger partial charge in [-0.3, -0.25) is 9.59 Å². The minimum Gasteiger partial charge on any atom is -0.356 e. The lowest BCUT2D eigenvalue weighted by atomic mass is 10.1. The summed E-state index contributed by atoms with van der Waals surface area (Å²) in [4.78, 5) is 25.9. The Labute approximate surface area is 127 Å². The Kier molecular flexibility index (Phi) is 8.36. The fourth-order valence-corrected chi connectivity index (χ4v) is 2.15. The van der Waals surface area contributed by atoms with Gasteiger partial charge >= 0.3 is 0 Å². The van der Waals surface area contributed by atoms with Gasteiger partial charge in [-0.25, -0.2) is 0 Å². The summed E-state index contributed by atoms with van der Waals surface area (Å²) in [6.07, 6.45) is 1.48. The summed E-state index contributed by atoms with van der Waals surface area (Å²) in [5.41, 5.74) is 0.673. The van der Waals surface area contributed by atoms with Gasteiger partial charge in [-0.05, 0) is 26.1 Å². The van der Waals surface area contributed by atoms with Crippen LogP contribution in [0.4, 0.5) is 0 Å². The zero-order chi connectivity index (χ0) is 15.5. The molecule has 0 aromatic heterocycles. The highest BCUT2D eigenvalue weighted by Crippen LogP contribution is 2.04. The minimum atomic E-state index is -0.0428. The van der Waals surface area contributed by atoms with Crippen LogP contribution >= 0.6 is 0 Å². The van der Waals surface area contributed by atoms with E-state index in [1.165, 1.54) is 0 Å². The van der Waals surface area contributed by atoms with E-state index in [4.69, 9.17) is 0 Å². The van der Waals surface area contributed by atoms with Crippen molar-refractivity contribution in [2.75, 3.05) is 26.2 Å². The Morgan fingerprint density at radius 1 is 1.05 bits per heavy atom. The maximum atomic E-state index is 11.9. The average Bonchev–Trinajstić information content (AvgIpc) is 2.53. The quantitative estimate of drug-likeness (QED) is 0.532. The van der Waals surface area contributed by atoms with Crippen molar-refractivity contribution < 1.29 is 9.59 Å². The van der Waals surface area contributed by atoms with Gasteiger partial charge in [-0.1, -0.05) is 44.2 Å². The Bertz CT molecular complexity index is 428. The van der Waals surface area contributed by atoms with E-state index in [9.17, 15) is 9.59 Å². The number of nitrogens with one attached hydrogen (secondary N) is 1. The highest BCUT2D eigenvalue weighted by atomic mass is 16.2. The fraction of sp³-hybridized carbons (Fsp3) is 0.529. The van der Waals surface area contributed by atoms with Crippen LogP contribution in [-0.4, -0.2) is 42.8 Å². The van der Waals surface area contributed by atoms with Crippen LogP contribution in [0.2, 0.25) is 0 Å². The second-order valence-electron chi connectivity index (χ2n) is 5.02. The minimum absolute atomic E-state index is 0.0221. The molecule has 0 radical (unpaired) electrons. The number of Topliss-reactive ketones (excluding diaryl/α,β-unsaturated/α-hetero) is 1. The van der Waals surface area contributed by atoms with Crippen LogP contribution in [0.15, 0.2) is 30.3 Å². The van der Waals surface area contributed by atoms with Gasteiger partial charge in [0.15, 0.2) is 5.78 Å². The van der Waals surface area contributed by atoms with Gasteiger partial charge in [0.2, 0.25) is 5.91 Å². The monoisotopic (exact) mass is 290 g/mol. The highest BCUT2D eigenvalue weighted by molar-refractivity contribution is 5.97. The Balaban J connectivity index is 2.15. The Morgan fingerprint density at radius 2 is 1.71 bits per heavy atom. The van der Waals surface area contributed by atoms with E-state index in [1.54, 1.807) is 12.1 Å². The smallest absolute Gasteiger partial charge is 0.220 e. The first-order valence-electron chi connectivity index (χ1n) is 7.74. The average molecular weight is 290 g/mol. The number of amides is 1. The van der Waals surface area contributed by atoms with Crippen LogP contribution in [0.25, 0.3) is 0 Å². The summed E-state index contributed by atoms with van der Waals surface area (Å²) in [6, 6.07) is 9.11. The molecule has 1 amide bonds. The molecule has 1 aromatic carbocycles. The molecule has 0 heterocycles. The van der Waals surface area contributed by atoms with E-state index < -0.39 is 0 Å². The summed E-state index contributed by atoms with van der Waals surface area (Å²) in [5, 5.41) is 2.88. The van der Waals surface area contributed by atoms with E-state index >= 15 is 0 Å². The second kappa shape index (κ2) is 10.1. The number of carbonyl (C=O) groups is 2. The normalized spacial score (nSPS) is 10.6. The molecule has 21 heavy (non-hydrogen) atoms. The Hall–Kier alpha value is -1.68. The molecule has 0 unspecified atom stereocenters.